The molecule has 1 aromatic heterocycles. The van der Waals surface area contributed by atoms with Crippen LogP contribution in [0.5, 0.6) is 0 Å². The van der Waals surface area contributed by atoms with E-state index in [2.05, 4.69) is 0 Å². The van der Waals surface area contributed by atoms with E-state index >= 15 is 0 Å². The van der Waals surface area contributed by atoms with E-state index in [0.29, 0.717) is 10.9 Å². The van der Waals surface area contributed by atoms with Gasteiger partial charge < -0.3 is 15.1 Å². The van der Waals surface area contributed by atoms with E-state index < -0.39 is 47.1 Å². The van der Waals surface area contributed by atoms with Gasteiger partial charge in [-0.3, -0.25) is 9.59 Å². The molecule has 0 bridgehead atoms. The number of amides is 1. The van der Waals surface area contributed by atoms with Crippen LogP contribution < -0.4 is 0 Å². The zero-order chi connectivity index (χ0) is 23.8. The maximum Gasteiger partial charge on any atom is 0.416 e. The molecule has 1 aliphatic rings. The Morgan fingerprint density at radius 2 is 1.88 bits per heavy atom. The van der Waals surface area contributed by atoms with Crippen LogP contribution in [0.3, 0.4) is 0 Å². The summed E-state index contributed by atoms with van der Waals surface area (Å²) in [6.07, 6.45) is -5.08. The zero-order valence-corrected chi connectivity index (χ0v) is 18.1. The Hall–Kier alpha value is -2.88. The fourth-order valence-corrected chi connectivity index (χ4v) is 5.33. The molecule has 172 valence electrons. The molecule has 0 aliphatic carbocycles. The molecule has 1 aromatic carbocycles. The Morgan fingerprint density at radius 1 is 1.19 bits per heavy atom. The number of hydrogen-bond acceptors (Lipinski definition) is 4. The van der Waals surface area contributed by atoms with Crippen molar-refractivity contribution >= 4 is 29.2 Å². The number of halogens is 3. The van der Waals surface area contributed by atoms with Crippen molar-refractivity contribution in [2.45, 2.75) is 44.4 Å². The van der Waals surface area contributed by atoms with Crippen LogP contribution in [0.1, 0.15) is 53.5 Å². The third-order valence-electron chi connectivity index (χ3n) is 5.63. The minimum atomic E-state index is -4.69. The minimum absolute atomic E-state index is 0.0430. The number of nitrogens with zero attached hydrogens (tertiary/aromatic N) is 1. The zero-order valence-electron chi connectivity index (χ0n) is 17.3. The van der Waals surface area contributed by atoms with E-state index in [4.69, 9.17) is 0 Å². The van der Waals surface area contributed by atoms with Gasteiger partial charge in [-0.25, -0.2) is 4.79 Å². The normalized spacial score (nSPS) is 23.5. The number of benzene rings is 1. The standard InChI is InChI=1S/C22H22F3NO5S/c1-12(2)10-21(20(30)31)11-15(19(28)29)17(16-7-4-8-32-16)26(21)18(27)13-5-3-6-14(9-13)22(23,24)25/h3-9,12,15,17H,10-11H2,1-2H3,(H,28,29)(H,30,31). The molecular weight excluding hydrogens is 447 g/mol. The highest BCUT2D eigenvalue weighted by Crippen LogP contribution is 2.51. The van der Waals surface area contributed by atoms with Gasteiger partial charge in [0.25, 0.3) is 5.91 Å². The van der Waals surface area contributed by atoms with Gasteiger partial charge in [0.2, 0.25) is 0 Å². The number of carboxylic acid groups (broad SMARTS) is 2. The van der Waals surface area contributed by atoms with E-state index in [-0.39, 0.29) is 24.3 Å². The number of carboxylic acids is 2. The number of rotatable bonds is 6. The van der Waals surface area contributed by atoms with Gasteiger partial charge in [-0.2, -0.15) is 13.2 Å². The Morgan fingerprint density at radius 3 is 2.38 bits per heavy atom. The summed E-state index contributed by atoms with van der Waals surface area (Å²) < 4.78 is 39.7. The molecule has 1 amide bonds. The molecule has 3 atom stereocenters. The van der Waals surface area contributed by atoms with Crippen molar-refractivity contribution in [3.8, 4) is 0 Å². The monoisotopic (exact) mass is 469 g/mol. The van der Waals surface area contributed by atoms with Gasteiger partial charge in [0.05, 0.1) is 17.5 Å². The fourth-order valence-electron chi connectivity index (χ4n) is 4.45. The van der Waals surface area contributed by atoms with Crippen molar-refractivity contribution in [3.63, 3.8) is 0 Å². The maximum absolute atomic E-state index is 13.6. The first-order valence-corrected chi connectivity index (χ1v) is 10.8. The first-order valence-electron chi connectivity index (χ1n) is 9.89. The lowest BCUT2D eigenvalue weighted by molar-refractivity contribution is -0.150. The van der Waals surface area contributed by atoms with Crippen molar-refractivity contribution in [1.82, 2.24) is 4.90 Å². The van der Waals surface area contributed by atoms with Gasteiger partial charge in [0.1, 0.15) is 5.54 Å². The topological polar surface area (TPSA) is 94.9 Å². The summed E-state index contributed by atoms with van der Waals surface area (Å²) in [7, 11) is 0. The van der Waals surface area contributed by atoms with Gasteiger partial charge in [-0.15, -0.1) is 11.3 Å². The van der Waals surface area contributed by atoms with Crippen LogP contribution >= 0.6 is 11.3 Å². The predicted molar refractivity (Wildman–Crippen MR) is 110 cm³/mol. The average Bonchev–Trinajstić information content (AvgIpc) is 3.33. The average molecular weight is 469 g/mol. The van der Waals surface area contributed by atoms with Crippen LogP contribution in [0.2, 0.25) is 0 Å². The second-order valence-electron chi connectivity index (χ2n) is 8.30. The molecular formula is C22H22F3NO5S. The lowest BCUT2D eigenvalue weighted by atomic mass is 9.83. The first kappa shape index (κ1) is 23.8. The smallest absolute Gasteiger partial charge is 0.416 e. The molecule has 10 heteroatoms. The lowest BCUT2D eigenvalue weighted by Crippen LogP contribution is -2.54. The van der Waals surface area contributed by atoms with E-state index in [0.717, 1.165) is 17.0 Å². The highest BCUT2D eigenvalue weighted by molar-refractivity contribution is 7.10. The number of hydrogen-bond donors (Lipinski definition) is 2. The number of aliphatic carboxylic acids is 2. The van der Waals surface area contributed by atoms with Crippen LogP contribution in [0.25, 0.3) is 0 Å². The summed E-state index contributed by atoms with van der Waals surface area (Å²) in [6.45, 7) is 3.48. The summed E-state index contributed by atoms with van der Waals surface area (Å²) in [4.78, 5) is 39.7. The quantitative estimate of drug-likeness (QED) is 0.626. The van der Waals surface area contributed by atoms with Crippen LogP contribution in [0.4, 0.5) is 13.2 Å². The molecule has 1 fully saturated rings. The molecule has 0 radical (unpaired) electrons. The number of likely N-dealkylation sites (tertiary alicyclic amines) is 1. The molecule has 2 N–H and O–H groups in total. The number of alkyl halides is 3. The van der Waals surface area contributed by atoms with Crippen molar-refractivity contribution < 1.29 is 37.8 Å². The van der Waals surface area contributed by atoms with Crippen LogP contribution in [0.15, 0.2) is 41.8 Å². The molecule has 3 rings (SSSR count). The van der Waals surface area contributed by atoms with Crippen LogP contribution in [-0.4, -0.2) is 38.5 Å². The van der Waals surface area contributed by atoms with Gasteiger partial charge in [-0.1, -0.05) is 26.0 Å². The highest BCUT2D eigenvalue weighted by atomic mass is 32.1. The van der Waals surface area contributed by atoms with Crippen LogP contribution in [-0.2, 0) is 15.8 Å². The molecule has 3 unspecified atom stereocenters. The van der Waals surface area contributed by atoms with Crippen molar-refractivity contribution in [2.75, 3.05) is 0 Å². The molecule has 1 saturated heterocycles. The second-order valence-corrected chi connectivity index (χ2v) is 9.28. The predicted octanol–water partition coefficient (Wildman–Crippen LogP) is 4.92. The fraction of sp³-hybridized carbons (Fsp3) is 0.409. The number of carbonyl (C=O) groups is 3. The molecule has 0 saturated carbocycles. The summed E-state index contributed by atoms with van der Waals surface area (Å²) in [5.74, 6) is -5.03. The third-order valence-corrected chi connectivity index (χ3v) is 6.57. The Labute approximate surface area is 186 Å². The summed E-state index contributed by atoms with van der Waals surface area (Å²) in [5, 5.41) is 21.8. The molecule has 6 nitrogen and oxygen atoms in total. The largest absolute Gasteiger partial charge is 0.481 e. The van der Waals surface area contributed by atoms with Crippen molar-refractivity contribution in [2.24, 2.45) is 11.8 Å². The van der Waals surface area contributed by atoms with E-state index in [1.807, 2.05) is 0 Å². The summed E-state index contributed by atoms with van der Waals surface area (Å²) >= 11 is 1.17. The third kappa shape index (κ3) is 4.23. The summed E-state index contributed by atoms with van der Waals surface area (Å²) in [6, 6.07) is 5.87. The van der Waals surface area contributed by atoms with E-state index in [9.17, 15) is 37.8 Å². The van der Waals surface area contributed by atoms with Gasteiger partial charge in [0, 0.05) is 10.4 Å². The van der Waals surface area contributed by atoms with E-state index in [1.54, 1.807) is 31.4 Å². The molecule has 1 aliphatic heterocycles. The van der Waals surface area contributed by atoms with Gasteiger partial charge in [-0.05, 0) is 48.4 Å². The highest BCUT2D eigenvalue weighted by Gasteiger charge is 2.61. The Kier molecular flexibility index (Phi) is 6.37. The second kappa shape index (κ2) is 8.57. The van der Waals surface area contributed by atoms with Gasteiger partial charge in [0.15, 0.2) is 0 Å². The SMILES string of the molecule is CC(C)CC1(C(=O)O)CC(C(=O)O)C(c2cccs2)N1C(=O)c1cccc(C(F)(F)F)c1. The van der Waals surface area contributed by atoms with Crippen molar-refractivity contribution in [1.29, 1.82) is 0 Å². The van der Waals surface area contributed by atoms with Gasteiger partial charge >= 0.3 is 18.1 Å². The van der Waals surface area contributed by atoms with E-state index in [1.165, 1.54) is 17.4 Å². The van der Waals surface area contributed by atoms with Crippen LogP contribution in [0, 0.1) is 11.8 Å². The molecule has 2 heterocycles. The number of thiophene rings is 1. The summed E-state index contributed by atoms with van der Waals surface area (Å²) in [5.41, 5.74) is -3.27. The molecule has 0 spiro atoms. The van der Waals surface area contributed by atoms with Crippen molar-refractivity contribution in [3.05, 3.63) is 57.8 Å². The lowest BCUT2D eigenvalue weighted by Gasteiger charge is -2.39. The molecule has 32 heavy (non-hydrogen) atoms. The Bertz CT molecular complexity index is 1020. The minimum Gasteiger partial charge on any atom is -0.481 e. The first-order chi connectivity index (χ1) is 14.9. The Balaban J connectivity index is 2.22. The maximum atomic E-state index is 13.6. The molecule has 2 aromatic rings. The number of carbonyl (C=O) groups excluding carboxylic acids is 1.